The molecule has 1 aromatic rings. The molecule has 0 amide bonds. The fourth-order valence-electron chi connectivity index (χ4n) is 1.36. The summed E-state index contributed by atoms with van der Waals surface area (Å²) in [7, 11) is 3.96. The van der Waals surface area contributed by atoms with Gasteiger partial charge in [0, 0.05) is 33.4 Å². The molecule has 0 unspecified atom stereocenters. The first-order chi connectivity index (χ1) is 8.13. The van der Waals surface area contributed by atoms with Crippen LogP contribution in [0.15, 0.2) is 23.3 Å². The Morgan fingerprint density at radius 1 is 1.44 bits per heavy atom. The summed E-state index contributed by atoms with van der Waals surface area (Å²) in [5, 5.41) is 3.74. The highest BCUT2D eigenvalue weighted by molar-refractivity contribution is 14.0. The Kier molecular flexibility index (Phi) is 9.09. The Hall–Kier alpha value is -0.560. The zero-order valence-corrected chi connectivity index (χ0v) is 14.1. The SMILES string of the molecule is CCNC(=NCCc1ccc(Cl)nc1)N(C)C.I. The fourth-order valence-corrected chi connectivity index (χ4v) is 1.47. The van der Waals surface area contributed by atoms with Crippen molar-refractivity contribution < 1.29 is 0 Å². The smallest absolute Gasteiger partial charge is 0.193 e. The number of aromatic nitrogens is 1. The number of aliphatic imine (C=N–C) groups is 1. The Labute approximate surface area is 131 Å². The largest absolute Gasteiger partial charge is 0.357 e. The molecule has 0 aromatic carbocycles. The molecule has 1 aromatic heterocycles. The maximum Gasteiger partial charge on any atom is 0.193 e. The molecule has 0 aliphatic carbocycles. The highest BCUT2D eigenvalue weighted by Crippen LogP contribution is 2.05. The van der Waals surface area contributed by atoms with Gasteiger partial charge in [-0.3, -0.25) is 4.99 Å². The number of nitrogens with zero attached hydrogens (tertiary/aromatic N) is 3. The van der Waals surface area contributed by atoms with Gasteiger partial charge in [0.05, 0.1) is 0 Å². The second-order valence-electron chi connectivity index (χ2n) is 3.87. The van der Waals surface area contributed by atoms with Crippen LogP contribution in [-0.2, 0) is 6.42 Å². The lowest BCUT2D eigenvalue weighted by atomic mass is 10.2. The number of hydrogen-bond acceptors (Lipinski definition) is 2. The van der Waals surface area contributed by atoms with Crippen LogP contribution in [-0.4, -0.2) is 43.0 Å². The minimum atomic E-state index is 0. The predicted octanol–water partition coefficient (Wildman–Crippen LogP) is 2.42. The zero-order chi connectivity index (χ0) is 12.7. The third kappa shape index (κ3) is 6.39. The van der Waals surface area contributed by atoms with Crippen molar-refractivity contribution >= 4 is 41.5 Å². The Morgan fingerprint density at radius 3 is 2.67 bits per heavy atom. The molecular formula is C12H20ClIN4. The normalized spacial score (nSPS) is 10.8. The molecule has 0 saturated heterocycles. The van der Waals surface area contributed by atoms with E-state index in [1.165, 1.54) is 0 Å². The summed E-state index contributed by atoms with van der Waals surface area (Å²) in [5.41, 5.74) is 1.15. The minimum absolute atomic E-state index is 0. The lowest BCUT2D eigenvalue weighted by Crippen LogP contribution is -2.36. The van der Waals surface area contributed by atoms with E-state index in [0.29, 0.717) is 5.15 Å². The minimum Gasteiger partial charge on any atom is -0.357 e. The summed E-state index contributed by atoms with van der Waals surface area (Å²) in [6, 6.07) is 3.78. The van der Waals surface area contributed by atoms with E-state index < -0.39 is 0 Å². The van der Waals surface area contributed by atoms with Crippen LogP contribution in [0.2, 0.25) is 5.15 Å². The number of guanidine groups is 1. The van der Waals surface area contributed by atoms with Crippen LogP contribution in [0.3, 0.4) is 0 Å². The van der Waals surface area contributed by atoms with Crippen LogP contribution in [0.5, 0.6) is 0 Å². The molecule has 0 spiro atoms. The van der Waals surface area contributed by atoms with Crippen LogP contribution < -0.4 is 5.32 Å². The van der Waals surface area contributed by atoms with Gasteiger partial charge in [0.2, 0.25) is 0 Å². The molecule has 0 atom stereocenters. The van der Waals surface area contributed by atoms with E-state index in [-0.39, 0.29) is 24.0 Å². The van der Waals surface area contributed by atoms with E-state index in [2.05, 4.69) is 22.2 Å². The van der Waals surface area contributed by atoms with E-state index in [1.807, 2.05) is 25.1 Å². The van der Waals surface area contributed by atoms with Crippen molar-refractivity contribution in [2.45, 2.75) is 13.3 Å². The van der Waals surface area contributed by atoms with Crippen LogP contribution in [0, 0.1) is 0 Å². The lowest BCUT2D eigenvalue weighted by molar-refractivity contribution is 0.583. The molecule has 18 heavy (non-hydrogen) atoms. The van der Waals surface area contributed by atoms with E-state index in [4.69, 9.17) is 11.6 Å². The van der Waals surface area contributed by atoms with Gasteiger partial charge in [0.25, 0.3) is 0 Å². The molecule has 0 saturated carbocycles. The Bertz CT molecular complexity index is 365. The van der Waals surface area contributed by atoms with Crippen molar-refractivity contribution in [3.63, 3.8) is 0 Å². The summed E-state index contributed by atoms with van der Waals surface area (Å²) in [6.45, 7) is 3.67. The summed E-state index contributed by atoms with van der Waals surface area (Å²) < 4.78 is 0. The monoisotopic (exact) mass is 382 g/mol. The van der Waals surface area contributed by atoms with Crippen LogP contribution in [0.4, 0.5) is 0 Å². The lowest BCUT2D eigenvalue weighted by Gasteiger charge is -2.16. The number of nitrogens with one attached hydrogen (secondary N) is 1. The van der Waals surface area contributed by atoms with Crippen molar-refractivity contribution in [2.75, 3.05) is 27.2 Å². The van der Waals surface area contributed by atoms with Gasteiger partial charge in [-0.25, -0.2) is 4.98 Å². The van der Waals surface area contributed by atoms with Crippen LogP contribution in [0.1, 0.15) is 12.5 Å². The molecule has 6 heteroatoms. The van der Waals surface area contributed by atoms with Crippen molar-refractivity contribution in [1.29, 1.82) is 0 Å². The van der Waals surface area contributed by atoms with Gasteiger partial charge in [-0.15, -0.1) is 24.0 Å². The maximum absolute atomic E-state index is 5.72. The summed E-state index contributed by atoms with van der Waals surface area (Å²) in [4.78, 5) is 10.5. The first-order valence-electron chi connectivity index (χ1n) is 5.69. The van der Waals surface area contributed by atoms with Crippen molar-refractivity contribution in [3.8, 4) is 0 Å². The standard InChI is InChI=1S/C12H19ClN4.HI/c1-4-14-12(17(2)3)15-8-7-10-5-6-11(13)16-9-10;/h5-6,9H,4,7-8H2,1-3H3,(H,14,15);1H. The third-order valence-corrected chi connectivity index (χ3v) is 2.43. The highest BCUT2D eigenvalue weighted by Gasteiger charge is 1.99. The van der Waals surface area contributed by atoms with E-state index >= 15 is 0 Å². The summed E-state index contributed by atoms with van der Waals surface area (Å²) >= 11 is 5.72. The molecule has 0 aliphatic heterocycles. The van der Waals surface area contributed by atoms with Gasteiger partial charge >= 0.3 is 0 Å². The van der Waals surface area contributed by atoms with Crippen molar-refractivity contribution in [3.05, 3.63) is 29.0 Å². The topological polar surface area (TPSA) is 40.5 Å². The molecule has 0 fully saturated rings. The van der Waals surface area contributed by atoms with Crippen LogP contribution in [0.25, 0.3) is 0 Å². The fraction of sp³-hybridized carbons (Fsp3) is 0.500. The van der Waals surface area contributed by atoms with Gasteiger partial charge < -0.3 is 10.2 Å². The average molecular weight is 383 g/mol. The molecule has 0 bridgehead atoms. The number of rotatable bonds is 4. The Balaban J connectivity index is 0.00000289. The number of pyridine rings is 1. The molecule has 1 heterocycles. The van der Waals surface area contributed by atoms with E-state index in [9.17, 15) is 0 Å². The quantitative estimate of drug-likeness (QED) is 0.376. The second-order valence-corrected chi connectivity index (χ2v) is 4.26. The first kappa shape index (κ1) is 17.4. The van der Waals surface area contributed by atoms with Gasteiger partial charge in [-0.1, -0.05) is 17.7 Å². The molecule has 102 valence electrons. The molecule has 4 nitrogen and oxygen atoms in total. The average Bonchev–Trinajstić information content (AvgIpc) is 2.30. The highest BCUT2D eigenvalue weighted by atomic mass is 127. The summed E-state index contributed by atoms with van der Waals surface area (Å²) in [6.07, 6.45) is 2.66. The van der Waals surface area contributed by atoms with Gasteiger partial charge in [0.1, 0.15) is 5.15 Å². The van der Waals surface area contributed by atoms with Gasteiger partial charge in [-0.2, -0.15) is 0 Å². The predicted molar refractivity (Wildman–Crippen MR) is 88.0 cm³/mol. The Morgan fingerprint density at radius 2 is 2.17 bits per heavy atom. The third-order valence-electron chi connectivity index (χ3n) is 2.21. The maximum atomic E-state index is 5.72. The van der Waals surface area contributed by atoms with Crippen molar-refractivity contribution in [2.24, 2.45) is 4.99 Å². The van der Waals surface area contributed by atoms with Crippen molar-refractivity contribution in [1.82, 2.24) is 15.2 Å². The molecule has 1 N–H and O–H groups in total. The molecule has 0 radical (unpaired) electrons. The molecule has 0 aliphatic rings. The number of hydrogen-bond donors (Lipinski definition) is 1. The summed E-state index contributed by atoms with van der Waals surface area (Å²) in [5.74, 6) is 0.912. The van der Waals surface area contributed by atoms with E-state index in [1.54, 1.807) is 12.3 Å². The van der Waals surface area contributed by atoms with Crippen LogP contribution >= 0.6 is 35.6 Å². The van der Waals surface area contributed by atoms with Gasteiger partial charge in [0.15, 0.2) is 5.96 Å². The zero-order valence-electron chi connectivity index (χ0n) is 11.0. The second kappa shape index (κ2) is 9.38. The first-order valence-corrected chi connectivity index (χ1v) is 6.07. The van der Waals surface area contributed by atoms with E-state index in [0.717, 1.165) is 31.0 Å². The van der Waals surface area contributed by atoms with Gasteiger partial charge in [-0.05, 0) is 25.0 Å². The molecule has 1 rings (SSSR count). The molecular weight excluding hydrogens is 363 g/mol. The number of halogens is 2.